The SMILES string of the molecule is CCOc1cc(/C=C2/C(=O)NC(=O)N(c3ccc(C(=O)OC)cc3)C2=O)ccc1O. The number of amides is 4. The Morgan fingerprint density at radius 1 is 1.13 bits per heavy atom. The van der Waals surface area contributed by atoms with E-state index in [0.717, 1.165) is 4.90 Å². The number of nitrogens with one attached hydrogen (secondary N) is 1. The molecular weight excluding hydrogens is 392 g/mol. The molecule has 3 rings (SSSR count). The van der Waals surface area contributed by atoms with Crippen molar-refractivity contribution in [2.75, 3.05) is 18.6 Å². The highest BCUT2D eigenvalue weighted by Gasteiger charge is 2.36. The highest BCUT2D eigenvalue weighted by Crippen LogP contribution is 2.29. The van der Waals surface area contributed by atoms with E-state index in [1.54, 1.807) is 6.92 Å². The third kappa shape index (κ3) is 4.00. The number of phenols is 1. The van der Waals surface area contributed by atoms with Gasteiger partial charge in [0, 0.05) is 0 Å². The number of methoxy groups -OCH3 is 1. The van der Waals surface area contributed by atoms with Crippen molar-refractivity contribution in [2.24, 2.45) is 0 Å². The van der Waals surface area contributed by atoms with Crippen LogP contribution in [0.25, 0.3) is 6.08 Å². The number of benzene rings is 2. The van der Waals surface area contributed by atoms with Crippen LogP contribution < -0.4 is 15.0 Å². The number of anilines is 1. The highest BCUT2D eigenvalue weighted by atomic mass is 16.5. The molecule has 1 fully saturated rings. The Morgan fingerprint density at radius 3 is 2.47 bits per heavy atom. The molecule has 0 atom stereocenters. The summed E-state index contributed by atoms with van der Waals surface area (Å²) in [4.78, 5) is 49.8. The molecule has 2 N–H and O–H groups in total. The highest BCUT2D eigenvalue weighted by molar-refractivity contribution is 6.39. The summed E-state index contributed by atoms with van der Waals surface area (Å²) >= 11 is 0. The maximum Gasteiger partial charge on any atom is 0.337 e. The minimum Gasteiger partial charge on any atom is -0.504 e. The van der Waals surface area contributed by atoms with Crippen LogP contribution in [0.1, 0.15) is 22.8 Å². The van der Waals surface area contributed by atoms with E-state index in [9.17, 15) is 24.3 Å². The first kappa shape index (κ1) is 20.6. The number of aromatic hydroxyl groups is 1. The molecule has 2 aromatic carbocycles. The molecule has 0 saturated carbocycles. The van der Waals surface area contributed by atoms with Crippen molar-refractivity contribution in [2.45, 2.75) is 6.92 Å². The Hall–Kier alpha value is -4.14. The van der Waals surface area contributed by atoms with Gasteiger partial charge in [-0.15, -0.1) is 0 Å². The summed E-state index contributed by atoms with van der Waals surface area (Å²) in [6.45, 7) is 2.06. The average Bonchev–Trinajstić information content (AvgIpc) is 2.73. The molecule has 0 aromatic heterocycles. The topological polar surface area (TPSA) is 122 Å². The summed E-state index contributed by atoms with van der Waals surface area (Å²) in [5.74, 6) is -2.13. The quantitative estimate of drug-likeness (QED) is 0.440. The van der Waals surface area contributed by atoms with Gasteiger partial charge in [-0.2, -0.15) is 0 Å². The third-order valence-electron chi connectivity index (χ3n) is 4.24. The smallest absolute Gasteiger partial charge is 0.337 e. The Balaban J connectivity index is 1.95. The second-order valence-electron chi connectivity index (χ2n) is 6.16. The van der Waals surface area contributed by atoms with Crippen LogP contribution in [-0.4, -0.2) is 42.6 Å². The number of nitrogens with zero attached hydrogens (tertiary/aromatic N) is 1. The lowest BCUT2D eigenvalue weighted by molar-refractivity contribution is -0.122. The van der Waals surface area contributed by atoms with Crippen molar-refractivity contribution >= 4 is 35.6 Å². The second kappa shape index (κ2) is 8.48. The molecule has 1 heterocycles. The first-order valence-corrected chi connectivity index (χ1v) is 8.91. The Bertz CT molecular complexity index is 1060. The number of imide groups is 2. The van der Waals surface area contributed by atoms with Gasteiger partial charge in [-0.05, 0) is 55.0 Å². The predicted octanol–water partition coefficient (Wildman–Crippen LogP) is 2.24. The minimum atomic E-state index is -0.909. The normalized spacial score (nSPS) is 15.2. The van der Waals surface area contributed by atoms with E-state index in [1.165, 1.54) is 55.7 Å². The first-order chi connectivity index (χ1) is 14.3. The molecule has 1 saturated heterocycles. The van der Waals surface area contributed by atoms with E-state index in [1.807, 2.05) is 0 Å². The van der Waals surface area contributed by atoms with Crippen LogP contribution in [0.4, 0.5) is 10.5 Å². The Morgan fingerprint density at radius 2 is 1.83 bits per heavy atom. The summed E-state index contributed by atoms with van der Waals surface area (Å²) in [5, 5.41) is 11.9. The van der Waals surface area contributed by atoms with Gasteiger partial charge in [0.1, 0.15) is 5.57 Å². The second-order valence-corrected chi connectivity index (χ2v) is 6.16. The predicted molar refractivity (Wildman–Crippen MR) is 106 cm³/mol. The van der Waals surface area contributed by atoms with Crippen LogP contribution in [0, 0.1) is 0 Å². The Labute approximate surface area is 171 Å². The van der Waals surface area contributed by atoms with E-state index in [2.05, 4.69) is 10.1 Å². The molecule has 0 radical (unpaired) electrons. The molecule has 1 aliphatic rings. The minimum absolute atomic E-state index is 0.0825. The summed E-state index contributed by atoms with van der Waals surface area (Å²) in [6.07, 6.45) is 1.29. The Kier molecular flexibility index (Phi) is 5.82. The van der Waals surface area contributed by atoms with Gasteiger partial charge in [0.2, 0.25) is 0 Å². The fourth-order valence-electron chi connectivity index (χ4n) is 2.81. The summed E-state index contributed by atoms with van der Waals surface area (Å²) < 4.78 is 9.92. The van der Waals surface area contributed by atoms with Crippen molar-refractivity contribution in [1.82, 2.24) is 5.32 Å². The molecule has 0 unspecified atom stereocenters. The number of urea groups is 1. The number of hydrogen-bond donors (Lipinski definition) is 2. The number of rotatable bonds is 5. The summed E-state index contributed by atoms with van der Waals surface area (Å²) in [6, 6.07) is 9.02. The number of carbonyl (C=O) groups is 4. The fourth-order valence-corrected chi connectivity index (χ4v) is 2.81. The summed E-state index contributed by atoms with van der Waals surface area (Å²) in [7, 11) is 1.24. The monoisotopic (exact) mass is 410 g/mol. The van der Waals surface area contributed by atoms with Crippen LogP contribution >= 0.6 is 0 Å². The van der Waals surface area contributed by atoms with Gasteiger partial charge < -0.3 is 14.6 Å². The van der Waals surface area contributed by atoms with Crippen molar-refractivity contribution in [3.8, 4) is 11.5 Å². The van der Waals surface area contributed by atoms with Crippen LogP contribution in [-0.2, 0) is 14.3 Å². The molecule has 9 heteroatoms. The van der Waals surface area contributed by atoms with Crippen LogP contribution in [0.15, 0.2) is 48.0 Å². The molecule has 30 heavy (non-hydrogen) atoms. The van der Waals surface area contributed by atoms with E-state index < -0.39 is 23.8 Å². The van der Waals surface area contributed by atoms with E-state index in [-0.39, 0.29) is 28.3 Å². The van der Waals surface area contributed by atoms with E-state index >= 15 is 0 Å². The van der Waals surface area contributed by atoms with Crippen LogP contribution in [0.5, 0.6) is 11.5 Å². The van der Waals surface area contributed by atoms with Crippen molar-refractivity contribution in [1.29, 1.82) is 0 Å². The molecule has 154 valence electrons. The molecular formula is C21H18N2O7. The number of phenolic OH excluding ortho intramolecular Hbond substituents is 1. The number of carbonyl (C=O) groups excluding carboxylic acids is 4. The maximum atomic E-state index is 12.9. The summed E-state index contributed by atoms with van der Waals surface area (Å²) in [5.41, 5.74) is 0.555. The van der Waals surface area contributed by atoms with Gasteiger partial charge in [0.25, 0.3) is 11.8 Å². The molecule has 9 nitrogen and oxygen atoms in total. The molecule has 2 aromatic rings. The van der Waals surface area contributed by atoms with Gasteiger partial charge in [0.05, 0.1) is 25.0 Å². The van der Waals surface area contributed by atoms with Crippen molar-refractivity contribution in [3.05, 3.63) is 59.2 Å². The van der Waals surface area contributed by atoms with Gasteiger partial charge >= 0.3 is 12.0 Å². The zero-order valence-electron chi connectivity index (χ0n) is 16.2. The lowest BCUT2D eigenvalue weighted by Gasteiger charge is -2.26. The molecule has 0 spiro atoms. The maximum absolute atomic E-state index is 12.9. The standard InChI is InChI=1S/C21H18N2O7/c1-3-30-17-11-12(4-9-16(17)24)10-15-18(25)22-21(28)23(19(15)26)14-7-5-13(6-8-14)20(27)29-2/h4-11,24H,3H2,1-2H3,(H,22,25,28)/b15-10-. The fraction of sp³-hybridized carbons (Fsp3) is 0.143. The first-order valence-electron chi connectivity index (χ1n) is 8.91. The van der Waals surface area contributed by atoms with Crippen LogP contribution in [0.2, 0.25) is 0 Å². The van der Waals surface area contributed by atoms with Crippen molar-refractivity contribution < 1.29 is 33.8 Å². The molecule has 0 aliphatic carbocycles. The molecule has 4 amide bonds. The molecule has 0 bridgehead atoms. The number of barbiturate groups is 1. The zero-order chi connectivity index (χ0) is 21.8. The van der Waals surface area contributed by atoms with Crippen LogP contribution in [0.3, 0.4) is 0 Å². The average molecular weight is 410 g/mol. The zero-order valence-corrected chi connectivity index (χ0v) is 16.2. The van der Waals surface area contributed by atoms with E-state index in [4.69, 9.17) is 4.74 Å². The largest absolute Gasteiger partial charge is 0.504 e. The van der Waals surface area contributed by atoms with E-state index in [0.29, 0.717) is 12.2 Å². The number of ether oxygens (including phenoxy) is 2. The van der Waals surface area contributed by atoms with Gasteiger partial charge in [-0.1, -0.05) is 6.07 Å². The van der Waals surface area contributed by atoms with Gasteiger partial charge in [-0.3, -0.25) is 14.9 Å². The number of hydrogen-bond acceptors (Lipinski definition) is 7. The number of esters is 1. The lowest BCUT2D eigenvalue weighted by atomic mass is 10.1. The lowest BCUT2D eigenvalue weighted by Crippen LogP contribution is -2.54. The van der Waals surface area contributed by atoms with Gasteiger partial charge in [-0.25, -0.2) is 14.5 Å². The van der Waals surface area contributed by atoms with Crippen molar-refractivity contribution in [3.63, 3.8) is 0 Å². The van der Waals surface area contributed by atoms with Gasteiger partial charge in [0.15, 0.2) is 11.5 Å². The third-order valence-corrected chi connectivity index (χ3v) is 4.24. The molecule has 1 aliphatic heterocycles.